The number of anilines is 2. The molecule has 4 N–H and O–H groups in total. The molecule has 1 unspecified atom stereocenters. The molecule has 3 aromatic rings. The van der Waals surface area contributed by atoms with Crippen LogP contribution in [-0.4, -0.2) is 37.0 Å². The molecule has 1 amide bonds. The number of hydrazine groups is 1. The molecule has 0 radical (unpaired) electrons. The number of ether oxygens (including phenoxy) is 1. The largest absolute Gasteiger partial charge is 0.469 e. The minimum absolute atomic E-state index is 0.0461. The number of fused-ring (bicyclic) bond motifs is 1. The number of rotatable bonds is 7. The molecule has 0 aliphatic carbocycles. The molecule has 7 heteroatoms. The van der Waals surface area contributed by atoms with E-state index in [0.717, 1.165) is 51.1 Å². The van der Waals surface area contributed by atoms with Gasteiger partial charge >= 0.3 is 5.97 Å². The molecule has 1 aliphatic rings. The minimum atomic E-state index is -0.296. The van der Waals surface area contributed by atoms with Crippen molar-refractivity contribution < 1.29 is 14.3 Å². The first-order valence-corrected chi connectivity index (χ1v) is 13.5. The van der Waals surface area contributed by atoms with Gasteiger partial charge in [-0.3, -0.25) is 9.59 Å². The second-order valence-electron chi connectivity index (χ2n) is 10.6. The lowest BCUT2D eigenvalue weighted by atomic mass is 9.83. The van der Waals surface area contributed by atoms with Gasteiger partial charge in [-0.15, -0.1) is 0 Å². The average molecular weight is 529 g/mol. The van der Waals surface area contributed by atoms with Gasteiger partial charge in [-0.05, 0) is 104 Å². The molecular weight excluding hydrogens is 488 g/mol. The molecule has 0 aromatic heterocycles. The van der Waals surface area contributed by atoms with E-state index in [2.05, 4.69) is 25.1 Å². The topological polar surface area (TPSA) is 102 Å². The van der Waals surface area contributed by atoms with E-state index in [1.54, 1.807) is 5.01 Å². The Kier molecular flexibility index (Phi) is 8.31. The highest BCUT2D eigenvalue weighted by Crippen LogP contribution is 2.38. The quantitative estimate of drug-likeness (QED) is 0.192. The van der Waals surface area contributed by atoms with Crippen molar-refractivity contribution in [3.8, 4) is 0 Å². The number of amides is 1. The molecule has 1 heterocycles. The molecule has 7 nitrogen and oxygen atoms in total. The van der Waals surface area contributed by atoms with E-state index in [1.165, 1.54) is 18.2 Å². The first kappa shape index (κ1) is 28.2. The number of methoxy groups -OCH3 is 1. The summed E-state index contributed by atoms with van der Waals surface area (Å²) in [7, 11) is 1.40. The van der Waals surface area contributed by atoms with Gasteiger partial charge in [-0.2, -0.15) is 0 Å². The predicted molar refractivity (Wildman–Crippen MR) is 157 cm³/mol. The zero-order valence-corrected chi connectivity index (χ0v) is 23.9. The van der Waals surface area contributed by atoms with Crippen molar-refractivity contribution in [2.45, 2.75) is 59.9 Å². The monoisotopic (exact) mass is 528 g/mol. The Morgan fingerprint density at radius 2 is 1.69 bits per heavy atom. The van der Waals surface area contributed by atoms with Crippen molar-refractivity contribution in [1.29, 1.82) is 0 Å². The first-order valence-electron chi connectivity index (χ1n) is 13.5. The van der Waals surface area contributed by atoms with Crippen LogP contribution in [0, 0.1) is 27.7 Å². The number of carbonyl (C=O) groups is 2. The summed E-state index contributed by atoms with van der Waals surface area (Å²) in [6.45, 7) is 11.9. The van der Waals surface area contributed by atoms with Crippen LogP contribution >= 0.6 is 0 Å². The summed E-state index contributed by atoms with van der Waals surface area (Å²) >= 11 is 0. The Balaban J connectivity index is 1.69. The van der Waals surface area contributed by atoms with Crippen LogP contribution in [0.3, 0.4) is 0 Å². The number of carbonyl (C=O) groups excluding carboxylic acids is 2. The Morgan fingerprint density at radius 1 is 1.00 bits per heavy atom. The second-order valence-corrected chi connectivity index (χ2v) is 10.6. The number of nitrogen functional groups attached to an aromatic ring is 1. The van der Waals surface area contributed by atoms with Gasteiger partial charge in [-0.25, -0.2) is 5.84 Å². The summed E-state index contributed by atoms with van der Waals surface area (Å²) in [5.41, 5.74) is 17.2. The molecule has 0 spiro atoms. The zero-order chi connectivity index (χ0) is 28.4. The fourth-order valence-electron chi connectivity index (χ4n) is 5.50. The van der Waals surface area contributed by atoms with Gasteiger partial charge in [0, 0.05) is 31.1 Å². The van der Waals surface area contributed by atoms with Gasteiger partial charge in [0.25, 0.3) is 5.91 Å². The molecule has 3 aromatic carbocycles. The number of nitrogens with zero attached hydrogens (tertiary/aromatic N) is 2. The maximum Gasteiger partial charge on any atom is 0.306 e. The Hall–Kier alpha value is -3.84. The van der Waals surface area contributed by atoms with E-state index in [-0.39, 0.29) is 24.2 Å². The van der Waals surface area contributed by atoms with Gasteiger partial charge in [0.2, 0.25) is 0 Å². The van der Waals surface area contributed by atoms with Crippen LogP contribution in [0.15, 0.2) is 42.5 Å². The van der Waals surface area contributed by atoms with Crippen LogP contribution in [0.25, 0.3) is 0 Å². The summed E-state index contributed by atoms with van der Waals surface area (Å²) in [5, 5.41) is 1.61. The lowest BCUT2D eigenvalue weighted by Gasteiger charge is -2.31. The van der Waals surface area contributed by atoms with Gasteiger partial charge in [-0.1, -0.05) is 24.3 Å². The third-order valence-corrected chi connectivity index (χ3v) is 8.26. The molecule has 39 heavy (non-hydrogen) atoms. The normalized spacial score (nSPS) is 13.6. The number of esters is 1. The van der Waals surface area contributed by atoms with Crippen molar-refractivity contribution in [3.63, 3.8) is 0 Å². The molecule has 0 saturated heterocycles. The van der Waals surface area contributed by atoms with Gasteiger partial charge < -0.3 is 20.4 Å². The van der Waals surface area contributed by atoms with Gasteiger partial charge in [0.15, 0.2) is 0 Å². The number of aryl methyl sites for hydroxylation is 2. The fourth-order valence-corrected chi connectivity index (χ4v) is 5.50. The summed E-state index contributed by atoms with van der Waals surface area (Å²) < 4.78 is 5.06. The standard InChI is InChI=1S/C32H40N4O3/c1-7-36(34)29-11-10-27(22(5)31(29)33)28(17-30(37)39-6)24-9-8-23-12-13-35(18-26(23)16-24)32(38)25-14-19(2)21(4)20(3)15-25/h8-11,14-16,28H,7,12-13,17-18,33-34H2,1-6H3. The van der Waals surface area contributed by atoms with Crippen molar-refractivity contribution in [2.24, 2.45) is 5.84 Å². The molecule has 4 rings (SSSR count). The van der Waals surface area contributed by atoms with E-state index in [9.17, 15) is 9.59 Å². The summed E-state index contributed by atoms with van der Waals surface area (Å²) in [4.78, 5) is 27.9. The minimum Gasteiger partial charge on any atom is -0.469 e. The van der Waals surface area contributed by atoms with E-state index < -0.39 is 0 Å². The van der Waals surface area contributed by atoms with Crippen LogP contribution < -0.4 is 16.6 Å². The number of nitrogens with two attached hydrogens (primary N) is 2. The van der Waals surface area contributed by atoms with Crippen LogP contribution in [-0.2, 0) is 22.5 Å². The molecule has 0 bridgehead atoms. The third-order valence-electron chi connectivity index (χ3n) is 8.26. The van der Waals surface area contributed by atoms with E-state index in [1.807, 2.05) is 56.9 Å². The molecule has 0 saturated carbocycles. The predicted octanol–water partition coefficient (Wildman–Crippen LogP) is 5.10. The smallest absolute Gasteiger partial charge is 0.306 e. The SMILES string of the molecule is CCN(N)c1ccc(C(CC(=O)OC)c2ccc3c(c2)CN(C(=O)c2cc(C)c(C)c(C)c2)CC3)c(C)c1N. The van der Waals surface area contributed by atoms with Gasteiger partial charge in [0.05, 0.1) is 24.9 Å². The van der Waals surface area contributed by atoms with Gasteiger partial charge in [0.1, 0.15) is 0 Å². The highest BCUT2D eigenvalue weighted by Gasteiger charge is 2.27. The molecular formula is C32H40N4O3. The number of benzene rings is 3. The molecule has 1 atom stereocenters. The van der Waals surface area contributed by atoms with Crippen molar-refractivity contribution in [3.05, 3.63) is 92.5 Å². The van der Waals surface area contributed by atoms with Crippen LogP contribution in [0.5, 0.6) is 0 Å². The zero-order valence-electron chi connectivity index (χ0n) is 23.9. The maximum absolute atomic E-state index is 13.5. The average Bonchev–Trinajstić information content (AvgIpc) is 2.94. The number of hydrogen-bond acceptors (Lipinski definition) is 6. The Bertz CT molecular complexity index is 1390. The summed E-state index contributed by atoms with van der Waals surface area (Å²) in [6.07, 6.45) is 0.969. The van der Waals surface area contributed by atoms with Crippen LogP contribution in [0.1, 0.15) is 74.1 Å². The summed E-state index contributed by atoms with van der Waals surface area (Å²) in [6, 6.07) is 14.2. The molecule has 206 valence electrons. The molecule has 1 aliphatic heterocycles. The maximum atomic E-state index is 13.5. The van der Waals surface area contributed by atoms with Crippen LogP contribution in [0.4, 0.5) is 11.4 Å². The van der Waals surface area contributed by atoms with E-state index in [4.69, 9.17) is 16.3 Å². The summed E-state index contributed by atoms with van der Waals surface area (Å²) in [5.74, 6) is 5.63. The Morgan fingerprint density at radius 3 is 2.33 bits per heavy atom. The van der Waals surface area contributed by atoms with E-state index >= 15 is 0 Å². The lowest BCUT2D eigenvalue weighted by molar-refractivity contribution is -0.140. The highest BCUT2D eigenvalue weighted by atomic mass is 16.5. The van der Waals surface area contributed by atoms with Crippen molar-refractivity contribution >= 4 is 23.3 Å². The first-order chi connectivity index (χ1) is 18.5. The highest BCUT2D eigenvalue weighted by molar-refractivity contribution is 5.95. The fraction of sp³-hybridized carbons (Fsp3) is 0.375. The lowest BCUT2D eigenvalue weighted by Crippen LogP contribution is -2.36. The van der Waals surface area contributed by atoms with E-state index in [0.29, 0.717) is 25.3 Å². The second kappa shape index (κ2) is 11.5. The third kappa shape index (κ3) is 5.64. The van der Waals surface area contributed by atoms with Crippen LogP contribution in [0.2, 0.25) is 0 Å². The Labute approximate surface area is 231 Å². The van der Waals surface area contributed by atoms with Crippen molar-refractivity contribution in [1.82, 2.24) is 4.90 Å². The molecule has 0 fully saturated rings. The number of hydrogen-bond donors (Lipinski definition) is 2. The van der Waals surface area contributed by atoms with Crippen molar-refractivity contribution in [2.75, 3.05) is 30.9 Å².